The summed E-state index contributed by atoms with van der Waals surface area (Å²) in [7, 11) is 0. The fraction of sp³-hybridized carbons (Fsp3) is 0.250. The molecule has 1 aromatic heterocycles. The molecule has 0 unspecified atom stereocenters. The van der Waals surface area contributed by atoms with Crippen LogP contribution in [-0.2, 0) is 6.42 Å². The van der Waals surface area contributed by atoms with Gasteiger partial charge in [-0.2, -0.15) is 4.98 Å². The lowest BCUT2D eigenvalue weighted by Gasteiger charge is -2.33. The zero-order valence-electron chi connectivity index (χ0n) is 17.3. The van der Waals surface area contributed by atoms with Crippen molar-refractivity contribution < 1.29 is 9.47 Å². The van der Waals surface area contributed by atoms with E-state index in [1.54, 1.807) is 0 Å². The lowest BCUT2D eigenvalue weighted by atomic mass is 9.88. The molecule has 6 nitrogen and oxygen atoms in total. The molecule has 4 heterocycles. The van der Waals surface area contributed by atoms with Crippen molar-refractivity contribution in [2.45, 2.75) is 32.8 Å². The van der Waals surface area contributed by atoms with E-state index in [2.05, 4.69) is 53.4 Å². The second kappa shape index (κ2) is 6.76. The molecule has 3 aliphatic rings. The first-order valence-corrected chi connectivity index (χ1v) is 10.1. The Hall–Kier alpha value is -3.54. The number of nitrogen functional groups attached to an aromatic ring is 1. The SMILES string of the molecule is CCOc1cc(Cc2cnc3nc2N3)cc2c1OC(C)(C)C=C2c1cccc(N)c1. The summed E-state index contributed by atoms with van der Waals surface area (Å²) in [4.78, 5) is 8.63. The number of ether oxygens (including phenoxy) is 2. The van der Waals surface area contributed by atoms with Crippen LogP contribution in [0, 0.1) is 0 Å². The molecular weight excluding hydrogens is 376 g/mol. The van der Waals surface area contributed by atoms with Crippen molar-refractivity contribution in [1.82, 2.24) is 9.97 Å². The van der Waals surface area contributed by atoms with Gasteiger partial charge < -0.3 is 20.5 Å². The van der Waals surface area contributed by atoms with Crippen molar-refractivity contribution in [2.24, 2.45) is 0 Å². The number of fused-ring (bicyclic) bond motifs is 3. The van der Waals surface area contributed by atoms with E-state index in [1.165, 1.54) is 0 Å². The normalized spacial score (nSPS) is 15.2. The van der Waals surface area contributed by atoms with Gasteiger partial charge in [0.2, 0.25) is 5.95 Å². The van der Waals surface area contributed by atoms with E-state index in [-0.39, 0.29) is 0 Å². The summed E-state index contributed by atoms with van der Waals surface area (Å²) in [5.74, 6) is 3.08. The van der Waals surface area contributed by atoms with Crippen molar-refractivity contribution in [3.63, 3.8) is 0 Å². The molecule has 0 radical (unpaired) electrons. The molecule has 3 aliphatic heterocycles. The van der Waals surface area contributed by atoms with Gasteiger partial charge in [0.25, 0.3) is 0 Å². The van der Waals surface area contributed by atoms with Gasteiger partial charge in [0.05, 0.1) is 6.61 Å². The number of benzene rings is 2. The van der Waals surface area contributed by atoms with Crippen LogP contribution in [0.4, 0.5) is 17.5 Å². The highest BCUT2D eigenvalue weighted by molar-refractivity contribution is 5.87. The summed E-state index contributed by atoms with van der Waals surface area (Å²) in [5, 5.41) is 3.15. The lowest BCUT2D eigenvalue weighted by Crippen LogP contribution is -2.29. The first kappa shape index (κ1) is 18.5. The van der Waals surface area contributed by atoms with E-state index in [9.17, 15) is 0 Å². The Balaban J connectivity index is 1.65. The Kier molecular flexibility index (Phi) is 4.17. The molecule has 3 aromatic rings. The smallest absolute Gasteiger partial charge is 0.230 e. The molecule has 2 bridgehead atoms. The van der Waals surface area contributed by atoms with Gasteiger partial charge in [-0.1, -0.05) is 12.1 Å². The van der Waals surface area contributed by atoms with E-state index in [4.69, 9.17) is 15.2 Å². The number of nitrogens with zero attached hydrogens (tertiary/aromatic N) is 2. The van der Waals surface area contributed by atoms with Crippen LogP contribution in [0.3, 0.4) is 0 Å². The molecule has 3 N–H and O–H groups in total. The monoisotopic (exact) mass is 400 g/mol. The first-order valence-electron chi connectivity index (χ1n) is 10.1. The minimum atomic E-state index is -0.470. The summed E-state index contributed by atoms with van der Waals surface area (Å²) in [6.07, 6.45) is 4.73. The number of hydrogen-bond acceptors (Lipinski definition) is 6. The highest BCUT2D eigenvalue weighted by Crippen LogP contribution is 2.46. The second-order valence-electron chi connectivity index (χ2n) is 8.16. The first-order chi connectivity index (χ1) is 14.4. The van der Waals surface area contributed by atoms with Crippen LogP contribution in [0.25, 0.3) is 5.57 Å². The molecule has 152 valence electrons. The standard InChI is InChI=1S/C24H24N4O2/c1-4-29-20-10-14(8-16-13-26-23-27-22(16)28-23)9-18-19(12-24(2,3)30-21(18)20)15-6-5-7-17(25)11-15/h5-7,9-13H,4,8,25H2,1-3H3,(H,26,27,28). The van der Waals surface area contributed by atoms with Crippen LogP contribution in [-0.4, -0.2) is 22.2 Å². The van der Waals surface area contributed by atoms with Crippen molar-refractivity contribution in [3.05, 3.63) is 70.9 Å². The van der Waals surface area contributed by atoms with Gasteiger partial charge in [-0.25, -0.2) is 4.98 Å². The topological polar surface area (TPSA) is 82.3 Å². The van der Waals surface area contributed by atoms with Gasteiger partial charge in [-0.05, 0) is 67.8 Å². The van der Waals surface area contributed by atoms with E-state index in [0.29, 0.717) is 19.0 Å². The van der Waals surface area contributed by atoms with Crippen molar-refractivity contribution in [3.8, 4) is 11.5 Å². The predicted octanol–water partition coefficient (Wildman–Crippen LogP) is 4.71. The molecule has 2 aromatic carbocycles. The fourth-order valence-corrected chi connectivity index (χ4v) is 3.97. The summed E-state index contributed by atoms with van der Waals surface area (Å²) >= 11 is 0. The Morgan fingerprint density at radius 2 is 2.03 bits per heavy atom. The third-order valence-corrected chi connectivity index (χ3v) is 5.25. The zero-order chi connectivity index (χ0) is 20.9. The van der Waals surface area contributed by atoms with Crippen LogP contribution < -0.4 is 20.5 Å². The maximum Gasteiger partial charge on any atom is 0.230 e. The number of nitrogens with two attached hydrogens (primary N) is 1. The van der Waals surface area contributed by atoms with Crippen molar-refractivity contribution in [2.75, 3.05) is 17.7 Å². The summed E-state index contributed by atoms with van der Waals surface area (Å²) in [5.41, 5.74) is 11.7. The van der Waals surface area contributed by atoms with Crippen LogP contribution in [0.2, 0.25) is 0 Å². The second-order valence-corrected chi connectivity index (χ2v) is 8.16. The third-order valence-electron chi connectivity index (χ3n) is 5.25. The Labute approximate surface area is 175 Å². The van der Waals surface area contributed by atoms with Crippen LogP contribution in [0.1, 0.15) is 43.0 Å². The minimum Gasteiger partial charge on any atom is -0.490 e. The number of anilines is 3. The van der Waals surface area contributed by atoms with E-state index >= 15 is 0 Å². The maximum atomic E-state index is 6.35. The predicted molar refractivity (Wildman–Crippen MR) is 118 cm³/mol. The summed E-state index contributed by atoms with van der Waals surface area (Å²) in [6.45, 7) is 6.64. The van der Waals surface area contributed by atoms with Gasteiger partial charge in [-0.15, -0.1) is 0 Å². The highest BCUT2D eigenvalue weighted by atomic mass is 16.5. The molecule has 0 atom stereocenters. The van der Waals surface area contributed by atoms with E-state index < -0.39 is 5.60 Å². The van der Waals surface area contributed by atoms with E-state index in [1.807, 2.05) is 31.3 Å². The largest absolute Gasteiger partial charge is 0.490 e. The third kappa shape index (κ3) is 3.24. The number of nitrogens with one attached hydrogen (secondary N) is 1. The number of hydrogen-bond donors (Lipinski definition) is 2. The molecule has 6 rings (SSSR count). The van der Waals surface area contributed by atoms with Crippen molar-refractivity contribution in [1.29, 1.82) is 0 Å². The quantitative estimate of drug-likeness (QED) is 0.472. The average molecular weight is 400 g/mol. The van der Waals surface area contributed by atoms with Crippen molar-refractivity contribution >= 4 is 23.0 Å². The Morgan fingerprint density at radius 3 is 2.73 bits per heavy atom. The van der Waals surface area contributed by atoms with Gasteiger partial charge >= 0.3 is 0 Å². The van der Waals surface area contributed by atoms with Crippen LogP contribution in [0.5, 0.6) is 11.5 Å². The van der Waals surface area contributed by atoms with Gasteiger partial charge in [0, 0.05) is 29.4 Å². The zero-order valence-corrected chi connectivity index (χ0v) is 17.3. The fourth-order valence-electron chi connectivity index (χ4n) is 3.97. The van der Waals surface area contributed by atoms with Gasteiger partial charge in [-0.3, -0.25) is 0 Å². The summed E-state index contributed by atoms with van der Waals surface area (Å²) < 4.78 is 12.4. The maximum absolute atomic E-state index is 6.35. The molecule has 0 amide bonds. The molecule has 0 saturated heterocycles. The molecule has 0 saturated carbocycles. The lowest BCUT2D eigenvalue weighted by molar-refractivity contribution is 0.149. The molecule has 30 heavy (non-hydrogen) atoms. The van der Waals surface area contributed by atoms with Gasteiger partial charge in [0.1, 0.15) is 11.4 Å². The number of rotatable bonds is 5. The molecule has 6 heteroatoms. The highest BCUT2D eigenvalue weighted by Gasteiger charge is 2.31. The minimum absolute atomic E-state index is 0.470. The Bertz CT molecular complexity index is 1180. The van der Waals surface area contributed by atoms with E-state index in [0.717, 1.165) is 50.8 Å². The molecular formula is C24H24N4O2. The van der Waals surface area contributed by atoms with Crippen LogP contribution in [0.15, 0.2) is 48.7 Å². The molecule has 0 fully saturated rings. The molecule has 0 spiro atoms. The Morgan fingerprint density at radius 1 is 1.20 bits per heavy atom. The average Bonchev–Trinajstić information content (AvgIpc) is 2.67. The number of aromatic nitrogens is 2. The molecule has 0 aliphatic carbocycles. The van der Waals surface area contributed by atoms with Crippen LogP contribution >= 0.6 is 0 Å². The van der Waals surface area contributed by atoms with Gasteiger partial charge in [0.15, 0.2) is 11.5 Å². The summed E-state index contributed by atoms with van der Waals surface area (Å²) in [6, 6.07) is 12.2.